The zero-order chi connectivity index (χ0) is 22.6. The number of hydrogen-bond acceptors (Lipinski definition) is 5. The number of aliphatic hydroxyl groups is 1. The lowest BCUT2D eigenvalue weighted by Crippen LogP contribution is -2.40. The maximum atomic E-state index is 13.5. The Bertz CT molecular complexity index is 1050. The van der Waals surface area contributed by atoms with Crippen LogP contribution < -0.4 is 15.5 Å². The predicted molar refractivity (Wildman–Crippen MR) is 115 cm³/mol. The van der Waals surface area contributed by atoms with Gasteiger partial charge in [-0.3, -0.25) is 0 Å². The Hall–Kier alpha value is -3.59. The van der Waals surface area contributed by atoms with Crippen molar-refractivity contribution in [2.45, 2.75) is 32.4 Å². The highest BCUT2D eigenvalue weighted by Gasteiger charge is 2.24. The van der Waals surface area contributed by atoms with Gasteiger partial charge in [0, 0.05) is 18.0 Å². The Kier molecular flexibility index (Phi) is 6.45. The molecule has 0 radical (unpaired) electrons. The minimum absolute atomic E-state index is 0.192. The summed E-state index contributed by atoms with van der Waals surface area (Å²) in [5, 5.41) is 15.8. The molecule has 0 spiro atoms. The number of anilines is 4. The standard InChI is InChI=1S/C22H23F2N5O2/c1-14(22(2,3)31)26-20-25-12-11-19(28-20)29(18-9-7-15(23)8-10-18)21(30)27-17-6-4-5-16(24)13-17/h4-14,31H,1-3H3,(H,27,30)(H,25,26,28)/t14-/m0/s1. The summed E-state index contributed by atoms with van der Waals surface area (Å²) in [6.07, 6.45) is 1.45. The Labute approximate surface area is 178 Å². The van der Waals surface area contributed by atoms with Crippen LogP contribution in [0.2, 0.25) is 0 Å². The SMILES string of the molecule is C[C@H](Nc1nccc(N(C(=O)Nc2cccc(F)c2)c2ccc(F)cc2)n1)C(C)(C)O. The van der Waals surface area contributed by atoms with Gasteiger partial charge in [0.25, 0.3) is 0 Å². The van der Waals surface area contributed by atoms with E-state index in [2.05, 4.69) is 20.6 Å². The number of nitrogens with zero attached hydrogens (tertiary/aromatic N) is 3. The molecule has 31 heavy (non-hydrogen) atoms. The molecular formula is C22H23F2N5O2. The molecule has 9 heteroatoms. The van der Waals surface area contributed by atoms with E-state index < -0.39 is 23.3 Å². The topological polar surface area (TPSA) is 90.4 Å². The molecule has 162 valence electrons. The average Bonchev–Trinajstić information content (AvgIpc) is 2.69. The lowest BCUT2D eigenvalue weighted by atomic mass is 10.0. The van der Waals surface area contributed by atoms with Crippen molar-refractivity contribution in [2.24, 2.45) is 0 Å². The van der Waals surface area contributed by atoms with E-state index in [1.165, 1.54) is 59.6 Å². The van der Waals surface area contributed by atoms with Gasteiger partial charge in [0.2, 0.25) is 5.95 Å². The van der Waals surface area contributed by atoms with E-state index in [9.17, 15) is 18.7 Å². The number of urea groups is 1. The summed E-state index contributed by atoms with van der Waals surface area (Å²) in [7, 11) is 0. The van der Waals surface area contributed by atoms with Crippen molar-refractivity contribution in [3.63, 3.8) is 0 Å². The molecule has 0 aliphatic carbocycles. The molecule has 0 saturated heterocycles. The second-order valence-corrected chi connectivity index (χ2v) is 7.51. The van der Waals surface area contributed by atoms with Crippen LogP contribution in [0, 0.1) is 11.6 Å². The van der Waals surface area contributed by atoms with Crippen LogP contribution in [-0.2, 0) is 0 Å². The zero-order valence-corrected chi connectivity index (χ0v) is 17.3. The Morgan fingerprint density at radius 3 is 2.45 bits per heavy atom. The first-order valence-corrected chi connectivity index (χ1v) is 9.57. The number of carbonyl (C=O) groups excluding carboxylic acids is 1. The lowest BCUT2D eigenvalue weighted by molar-refractivity contribution is 0.0646. The molecule has 0 bridgehead atoms. The van der Waals surface area contributed by atoms with Gasteiger partial charge in [0.1, 0.15) is 17.5 Å². The summed E-state index contributed by atoms with van der Waals surface area (Å²) in [6, 6.07) is 11.2. The van der Waals surface area contributed by atoms with Gasteiger partial charge in [-0.15, -0.1) is 0 Å². The van der Waals surface area contributed by atoms with Crippen LogP contribution in [0.15, 0.2) is 60.8 Å². The largest absolute Gasteiger partial charge is 0.388 e. The summed E-state index contributed by atoms with van der Waals surface area (Å²) in [5.41, 5.74) is -0.444. The second kappa shape index (κ2) is 9.05. The van der Waals surface area contributed by atoms with Crippen LogP contribution in [0.5, 0.6) is 0 Å². The van der Waals surface area contributed by atoms with Crippen LogP contribution in [0.4, 0.5) is 36.7 Å². The third kappa shape index (κ3) is 5.73. The van der Waals surface area contributed by atoms with Crippen LogP contribution in [0.25, 0.3) is 0 Å². The number of rotatable bonds is 6. The number of amides is 2. The van der Waals surface area contributed by atoms with E-state index in [1.54, 1.807) is 26.8 Å². The van der Waals surface area contributed by atoms with E-state index in [0.717, 1.165) is 0 Å². The van der Waals surface area contributed by atoms with Crippen LogP contribution in [0.1, 0.15) is 20.8 Å². The number of hydrogen-bond donors (Lipinski definition) is 3. The molecule has 0 unspecified atom stereocenters. The van der Waals surface area contributed by atoms with Crippen molar-refractivity contribution in [1.29, 1.82) is 0 Å². The molecule has 3 aromatic rings. The fraction of sp³-hybridized carbons (Fsp3) is 0.227. The van der Waals surface area contributed by atoms with E-state index >= 15 is 0 Å². The Balaban J connectivity index is 1.96. The number of benzene rings is 2. The first-order chi connectivity index (χ1) is 14.6. The van der Waals surface area contributed by atoms with Crippen molar-refractivity contribution in [1.82, 2.24) is 9.97 Å². The monoisotopic (exact) mass is 427 g/mol. The van der Waals surface area contributed by atoms with E-state index in [0.29, 0.717) is 5.69 Å². The highest BCUT2D eigenvalue weighted by Crippen LogP contribution is 2.26. The quantitative estimate of drug-likeness (QED) is 0.531. The first-order valence-electron chi connectivity index (χ1n) is 9.57. The Morgan fingerprint density at radius 1 is 1.10 bits per heavy atom. The van der Waals surface area contributed by atoms with E-state index in [4.69, 9.17) is 0 Å². The lowest BCUT2D eigenvalue weighted by Gasteiger charge is -2.27. The molecule has 2 aromatic carbocycles. The molecule has 2 amide bonds. The molecule has 1 atom stereocenters. The fourth-order valence-corrected chi connectivity index (χ4v) is 2.60. The summed E-state index contributed by atoms with van der Waals surface area (Å²) >= 11 is 0. The minimum atomic E-state index is -1.04. The molecule has 0 aliphatic heterocycles. The van der Waals surface area contributed by atoms with Gasteiger partial charge in [0.15, 0.2) is 0 Å². The maximum Gasteiger partial charge on any atom is 0.332 e. The molecule has 7 nitrogen and oxygen atoms in total. The van der Waals surface area contributed by atoms with Crippen LogP contribution in [-0.4, -0.2) is 32.7 Å². The van der Waals surface area contributed by atoms with Crippen LogP contribution >= 0.6 is 0 Å². The Morgan fingerprint density at radius 2 is 1.81 bits per heavy atom. The van der Waals surface area contributed by atoms with E-state index in [-0.39, 0.29) is 23.5 Å². The van der Waals surface area contributed by atoms with Gasteiger partial charge >= 0.3 is 6.03 Å². The number of carbonyl (C=O) groups is 1. The van der Waals surface area contributed by atoms with Gasteiger partial charge in [-0.25, -0.2) is 23.5 Å². The first kappa shape index (κ1) is 22.1. The summed E-state index contributed by atoms with van der Waals surface area (Å²) < 4.78 is 27.0. The third-order valence-electron chi connectivity index (χ3n) is 4.64. The highest BCUT2D eigenvalue weighted by atomic mass is 19.1. The predicted octanol–water partition coefficient (Wildman–Crippen LogP) is 4.70. The molecule has 0 aliphatic rings. The molecule has 3 N–H and O–H groups in total. The fourth-order valence-electron chi connectivity index (χ4n) is 2.60. The molecule has 3 rings (SSSR count). The highest BCUT2D eigenvalue weighted by molar-refractivity contribution is 6.06. The third-order valence-corrected chi connectivity index (χ3v) is 4.64. The summed E-state index contributed by atoms with van der Waals surface area (Å²) in [5.74, 6) is -0.572. The number of nitrogens with one attached hydrogen (secondary N) is 2. The number of halogens is 2. The summed E-state index contributed by atoms with van der Waals surface area (Å²) in [4.78, 5) is 22.8. The van der Waals surface area contributed by atoms with Gasteiger partial charge in [-0.05, 0) is 63.2 Å². The summed E-state index contributed by atoms with van der Waals surface area (Å²) in [6.45, 7) is 5.06. The normalized spacial score (nSPS) is 12.2. The smallest absolute Gasteiger partial charge is 0.332 e. The van der Waals surface area contributed by atoms with Gasteiger partial charge in [-0.1, -0.05) is 6.07 Å². The average molecular weight is 427 g/mol. The molecule has 1 heterocycles. The van der Waals surface area contributed by atoms with E-state index in [1.807, 2.05) is 0 Å². The van der Waals surface area contributed by atoms with Gasteiger partial charge in [-0.2, -0.15) is 4.98 Å². The van der Waals surface area contributed by atoms with Crippen molar-refractivity contribution >= 4 is 29.2 Å². The van der Waals surface area contributed by atoms with Gasteiger partial charge in [0.05, 0.1) is 17.3 Å². The molecular weight excluding hydrogens is 404 g/mol. The molecule has 0 saturated carbocycles. The van der Waals surface area contributed by atoms with Crippen molar-refractivity contribution in [3.8, 4) is 0 Å². The minimum Gasteiger partial charge on any atom is -0.388 e. The maximum absolute atomic E-state index is 13.5. The zero-order valence-electron chi connectivity index (χ0n) is 17.3. The molecule has 1 aromatic heterocycles. The van der Waals surface area contributed by atoms with Crippen LogP contribution in [0.3, 0.4) is 0 Å². The molecule has 0 fully saturated rings. The van der Waals surface area contributed by atoms with Crippen molar-refractivity contribution < 1.29 is 18.7 Å². The van der Waals surface area contributed by atoms with Crippen molar-refractivity contribution in [2.75, 3.05) is 15.5 Å². The number of aromatic nitrogens is 2. The second-order valence-electron chi connectivity index (χ2n) is 7.51. The van der Waals surface area contributed by atoms with Gasteiger partial charge < -0.3 is 15.7 Å². The van der Waals surface area contributed by atoms with Crippen molar-refractivity contribution in [3.05, 3.63) is 72.4 Å².